The summed E-state index contributed by atoms with van der Waals surface area (Å²) in [5.74, 6) is -0.420. The highest BCUT2D eigenvalue weighted by atomic mass is 35.5. The van der Waals surface area contributed by atoms with Crippen molar-refractivity contribution in [3.05, 3.63) is 71.1 Å². The standard InChI is InChI=1S/C16H12ClFN2/c17-13-4-1-5-15(16(13)18)20-10-11-6-7-14-12(9-11)3-2-8-19-14/h1-9,20H,10H2. The third kappa shape index (κ3) is 2.58. The minimum Gasteiger partial charge on any atom is -0.379 e. The van der Waals surface area contributed by atoms with Crippen LogP contribution in [-0.2, 0) is 6.54 Å². The number of hydrogen-bond donors (Lipinski definition) is 1. The van der Waals surface area contributed by atoms with Crippen LogP contribution in [0.25, 0.3) is 10.9 Å². The van der Waals surface area contributed by atoms with Crippen LogP contribution in [0.2, 0.25) is 5.02 Å². The van der Waals surface area contributed by atoms with Crippen molar-refractivity contribution in [3.8, 4) is 0 Å². The molecule has 0 unspecified atom stereocenters. The molecule has 4 heteroatoms. The number of rotatable bonds is 3. The summed E-state index contributed by atoms with van der Waals surface area (Å²) in [6.07, 6.45) is 1.77. The van der Waals surface area contributed by atoms with Crippen molar-refractivity contribution < 1.29 is 4.39 Å². The molecule has 0 bridgehead atoms. The van der Waals surface area contributed by atoms with Gasteiger partial charge in [0.15, 0.2) is 5.82 Å². The molecule has 0 saturated heterocycles. The van der Waals surface area contributed by atoms with Gasteiger partial charge >= 0.3 is 0 Å². The summed E-state index contributed by atoms with van der Waals surface area (Å²) in [6, 6.07) is 14.8. The van der Waals surface area contributed by atoms with E-state index in [0.29, 0.717) is 12.2 Å². The zero-order valence-electron chi connectivity index (χ0n) is 10.6. The van der Waals surface area contributed by atoms with Crippen molar-refractivity contribution in [1.29, 1.82) is 0 Å². The van der Waals surface area contributed by atoms with Crippen molar-refractivity contribution >= 4 is 28.2 Å². The van der Waals surface area contributed by atoms with E-state index in [4.69, 9.17) is 11.6 Å². The quantitative estimate of drug-likeness (QED) is 0.759. The smallest absolute Gasteiger partial charge is 0.164 e. The number of benzene rings is 2. The summed E-state index contributed by atoms with van der Waals surface area (Å²) in [5.41, 5.74) is 2.42. The van der Waals surface area contributed by atoms with E-state index < -0.39 is 5.82 Å². The van der Waals surface area contributed by atoms with Crippen molar-refractivity contribution in [3.63, 3.8) is 0 Å². The summed E-state index contributed by atoms with van der Waals surface area (Å²) < 4.78 is 13.8. The Labute approximate surface area is 121 Å². The van der Waals surface area contributed by atoms with Crippen LogP contribution in [0.3, 0.4) is 0 Å². The van der Waals surface area contributed by atoms with Crippen LogP contribution in [0.4, 0.5) is 10.1 Å². The molecule has 1 heterocycles. The van der Waals surface area contributed by atoms with E-state index in [2.05, 4.69) is 10.3 Å². The predicted molar refractivity (Wildman–Crippen MR) is 80.5 cm³/mol. The minimum atomic E-state index is -0.420. The molecule has 0 saturated carbocycles. The Hall–Kier alpha value is -2.13. The van der Waals surface area contributed by atoms with E-state index in [1.54, 1.807) is 18.3 Å². The molecule has 1 aromatic heterocycles. The molecule has 0 atom stereocenters. The Morgan fingerprint density at radius 1 is 1.10 bits per heavy atom. The molecule has 0 aliphatic rings. The molecule has 3 rings (SSSR count). The molecule has 1 N–H and O–H groups in total. The molecule has 0 fully saturated rings. The number of pyridine rings is 1. The van der Waals surface area contributed by atoms with Gasteiger partial charge in [0.1, 0.15) is 0 Å². The zero-order valence-corrected chi connectivity index (χ0v) is 11.4. The lowest BCUT2D eigenvalue weighted by atomic mass is 10.1. The third-order valence-electron chi connectivity index (χ3n) is 3.10. The molecule has 0 amide bonds. The fraction of sp³-hybridized carbons (Fsp3) is 0.0625. The summed E-state index contributed by atoms with van der Waals surface area (Å²) in [7, 11) is 0. The Morgan fingerprint density at radius 2 is 2.00 bits per heavy atom. The molecule has 3 aromatic rings. The molecule has 0 spiro atoms. The van der Waals surface area contributed by atoms with Gasteiger partial charge in [0, 0.05) is 18.1 Å². The van der Waals surface area contributed by atoms with Crippen LogP contribution in [0.1, 0.15) is 5.56 Å². The van der Waals surface area contributed by atoms with Crippen LogP contribution in [0.15, 0.2) is 54.7 Å². The molecule has 2 aromatic carbocycles. The summed E-state index contributed by atoms with van der Waals surface area (Å²) in [4.78, 5) is 4.27. The highest BCUT2D eigenvalue weighted by Gasteiger charge is 2.05. The maximum absolute atomic E-state index is 13.8. The van der Waals surface area contributed by atoms with E-state index in [-0.39, 0.29) is 5.02 Å². The highest BCUT2D eigenvalue weighted by Crippen LogP contribution is 2.23. The fourth-order valence-electron chi connectivity index (χ4n) is 2.07. The monoisotopic (exact) mass is 286 g/mol. The van der Waals surface area contributed by atoms with Gasteiger partial charge in [-0.15, -0.1) is 0 Å². The maximum Gasteiger partial charge on any atom is 0.164 e. The van der Waals surface area contributed by atoms with Crippen molar-refractivity contribution in [2.24, 2.45) is 0 Å². The van der Waals surface area contributed by atoms with Crippen molar-refractivity contribution in [2.75, 3.05) is 5.32 Å². The number of anilines is 1. The van der Waals surface area contributed by atoms with Crippen molar-refractivity contribution in [1.82, 2.24) is 4.98 Å². The first-order valence-electron chi connectivity index (χ1n) is 6.25. The number of halogens is 2. The number of nitrogens with one attached hydrogen (secondary N) is 1. The minimum absolute atomic E-state index is 0.123. The molecule has 0 radical (unpaired) electrons. The summed E-state index contributed by atoms with van der Waals surface area (Å²) in [5, 5.41) is 4.25. The summed E-state index contributed by atoms with van der Waals surface area (Å²) >= 11 is 5.75. The van der Waals surface area contributed by atoms with Gasteiger partial charge in [-0.2, -0.15) is 0 Å². The molecular formula is C16H12ClFN2. The number of hydrogen-bond acceptors (Lipinski definition) is 2. The van der Waals surface area contributed by atoms with Gasteiger partial charge in [0.25, 0.3) is 0 Å². The second kappa shape index (κ2) is 5.47. The molecule has 2 nitrogen and oxygen atoms in total. The normalized spacial score (nSPS) is 10.7. The van der Waals surface area contributed by atoms with E-state index in [0.717, 1.165) is 16.5 Å². The first kappa shape index (κ1) is 12.9. The van der Waals surface area contributed by atoms with Crippen LogP contribution in [0.5, 0.6) is 0 Å². The van der Waals surface area contributed by atoms with Crippen LogP contribution >= 0.6 is 11.6 Å². The number of nitrogens with zero attached hydrogens (tertiary/aromatic N) is 1. The van der Waals surface area contributed by atoms with Crippen LogP contribution < -0.4 is 5.32 Å². The molecule has 0 aliphatic carbocycles. The van der Waals surface area contributed by atoms with Gasteiger partial charge in [0.2, 0.25) is 0 Å². The highest BCUT2D eigenvalue weighted by molar-refractivity contribution is 6.31. The maximum atomic E-state index is 13.8. The molecule has 0 aliphatic heterocycles. The van der Waals surface area contributed by atoms with E-state index in [1.807, 2.05) is 30.3 Å². The van der Waals surface area contributed by atoms with Gasteiger partial charge in [-0.1, -0.05) is 29.8 Å². The topological polar surface area (TPSA) is 24.9 Å². The lowest BCUT2D eigenvalue weighted by Crippen LogP contribution is -2.01. The average Bonchev–Trinajstić information content (AvgIpc) is 2.48. The summed E-state index contributed by atoms with van der Waals surface area (Å²) in [6.45, 7) is 0.530. The lowest BCUT2D eigenvalue weighted by molar-refractivity contribution is 0.630. The Balaban J connectivity index is 1.81. The largest absolute Gasteiger partial charge is 0.379 e. The first-order chi connectivity index (χ1) is 9.74. The van der Waals surface area contributed by atoms with Crippen LogP contribution in [-0.4, -0.2) is 4.98 Å². The second-order valence-electron chi connectivity index (χ2n) is 4.49. The zero-order chi connectivity index (χ0) is 13.9. The Morgan fingerprint density at radius 3 is 2.90 bits per heavy atom. The Bertz CT molecular complexity index is 758. The first-order valence-corrected chi connectivity index (χ1v) is 6.63. The third-order valence-corrected chi connectivity index (χ3v) is 3.39. The average molecular weight is 287 g/mol. The van der Waals surface area contributed by atoms with Gasteiger partial charge < -0.3 is 5.32 Å². The number of aromatic nitrogens is 1. The van der Waals surface area contributed by atoms with Gasteiger partial charge in [0.05, 0.1) is 16.2 Å². The van der Waals surface area contributed by atoms with E-state index >= 15 is 0 Å². The molecule has 20 heavy (non-hydrogen) atoms. The van der Waals surface area contributed by atoms with E-state index in [9.17, 15) is 4.39 Å². The molecule has 100 valence electrons. The van der Waals surface area contributed by atoms with Gasteiger partial charge in [-0.25, -0.2) is 4.39 Å². The Kier molecular flexibility index (Phi) is 3.52. The fourth-order valence-corrected chi connectivity index (χ4v) is 2.25. The number of fused-ring (bicyclic) bond motifs is 1. The van der Waals surface area contributed by atoms with Gasteiger partial charge in [-0.3, -0.25) is 4.98 Å². The lowest BCUT2D eigenvalue weighted by Gasteiger charge is -2.09. The molecular weight excluding hydrogens is 275 g/mol. The SMILES string of the molecule is Fc1c(Cl)cccc1NCc1ccc2ncccc2c1. The van der Waals surface area contributed by atoms with E-state index in [1.165, 1.54) is 6.07 Å². The van der Waals surface area contributed by atoms with Crippen LogP contribution in [0, 0.1) is 5.82 Å². The second-order valence-corrected chi connectivity index (χ2v) is 4.89. The predicted octanol–water partition coefficient (Wildman–Crippen LogP) is 4.64. The van der Waals surface area contributed by atoms with Gasteiger partial charge in [-0.05, 0) is 35.9 Å². The van der Waals surface area contributed by atoms with Crippen molar-refractivity contribution in [2.45, 2.75) is 6.54 Å².